The van der Waals surface area contributed by atoms with Crippen LogP contribution in [-0.2, 0) is 12.8 Å². The van der Waals surface area contributed by atoms with Crippen molar-refractivity contribution in [3.05, 3.63) is 21.4 Å². The van der Waals surface area contributed by atoms with Crippen LogP contribution in [0.3, 0.4) is 0 Å². The molecule has 1 N–H and O–H groups in total. The number of fused-ring (bicyclic) bond motifs is 1. The topological polar surface area (TPSA) is 20.2 Å². The molecular weight excluding hydrogens is 175 g/mol. The molecule has 1 aromatic heterocycles. The molecule has 2 rings (SSSR count). The molecule has 0 spiro atoms. The van der Waals surface area contributed by atoms with Crippen molar-refractivity contribution in [1.82, 2.24) is 0 Å². The minimum Gasteiger partial charge on any atom is -0.385 e. The van der Waals surface area contributed by atoms with Crippen molar-refractivity contribution in [2.45, 2.75) is 25.4 Å². The fraction of sp³-hybridized carbons (Fsp3) is 0.556. The lowest BCUT2D eigenvalue weighted by Gasteiger charge is -2.00. The molecule has 3 heteroatoms. The molecule has 0 saturated heterocycles. The lowest BCUT2D eigenvalue weighted by Crippen LogP contribution is -1.95. The molecule has 1 nitrogen and oxygen atoms in total. The highest BCUT2D eigenvalue weighted by Crippen LogP contribution is 2.33. The summed E-state index contributed by atoms with van der Waals surface area (Å²) in [6, 6.07) is 1.96. The number of thiophene rings is 1. The molecule has 1 aliphatic carbocycles. The number of hydrogen-bond acceptors (Lipinski definition) is 2. The Hall–Kier alpha value is -0.410. The highest BCUT2D eigenvalue weighted by Gasteiger charge is 2.18. The predicted octanol–water partition coefficient (Wildman–Crippen LogP) is 2.24. The van der Waals surface area contributed by atoms with E-state index in [0.717, 1.165) is 17.7 Å². The van der Waals surface area contributed by atoms with Crippen molar-refractivity contribution in [3.8, 4) is 0 Å². The number of hydrogen-bond donors (Lipinski definition) is 1. The Morgan fingerprint density at radius 2 is 2.42 bits per heavy atom. The fourth-order valence-electron chi connectivity index (χ4n) is 1.59. The van der Waals surface area contributed by atoms with Gasteiger partial charge in [0.2, 0.25) is 0 Å². The summed E-state index contributed by atoms with van der Waals surface area (Å²) in [4.78, 5) is 2.14. The third-order valence-electron chi connectivity index (χ3n) is 2.24. The maximum Gasteiger partial charge on any atom is 0.120 e. The van der Waals surface area contributed by atoms with Crippen molar-refractivity contribution in [2.24, 2.45) is 0 Å². The molecule has 0 radical (unpaired) electrons. The Balaban J connectivity index is 2.25. The summed E-state index contributed by atoms with van der Waals surface area (Å²) in [6.07, 6.45) is 2.54. The van der Waals surface area contributed by atoms with Crippen LogP contribution in [-0.4, -0.2) is 11.8 Å². The first-order chi connectivity index (χ1) is 5.81. The van der Waals surface area contributed by atoms with Crippen molar-refractivity contribution in [2.75, 3.05) is 6.67 Å². The molecule has 1 aromatic rings. The third kappa shape index (κ3) is 1.27. The first-order valence-corrected chi connectivity index (χ1v) is 4.98. The average Bonchev–Trinajstić information content (AvgIpc) is 2.60. The van der Waals surface area contributed by atoms with E-state index in [2.05, 4.69) is 0 Å². The molecular formula is C9H11FOS. The van der Waals surface area contributed by atoms with Crippen LogP contribution in [0.2, 0.25) is 0 Å². The Morgan fingerprint density at radius 3 is 3.08 bits per heavy atom. The van der Waals surface area contributed by atoms with Crippen LogP contribution < -0.4 is 0 Å². The fourth-order valence-corrected chi connectivity index (χ4v) is 2.82. The Kier molecular flexibility index (Phi) is 2.15. The van der Waals surface area contributed by atoms with Crippen molar-refractivity contribution < 1.29 is 9.50 Å². The van der Waals surface area contributed by atoms with Gasteiger partial charge in [-0.25, -0.2) is 4.39 Å². The molecule has 1 aliphatic rings. The van der Waals surface area contributed by atoms with Crippen molar-refractivity contribution in [1.29, 1.82) is 0 Å². The van der Waals surface area contributed by atoms with Gasteiger partial charge in [0.1, 0.15) is 12.8 Å². The van der Waals surface area contributed by atoms with E-state index in [4.69, 9.17) is 0 Å². The minimum atomic E-state index is -0.888. The normalized spacial score (nSPS) is 17.8. The lowest BCUT2D eigenvalue weighted by atomic mass is 10.2. The van der Waals surface area contributed by atoms with E-state index in [0.29, 0.717) is 0 Å². The van der Waals surface area contributed by atoms with Crippen molar-refractivity contribution in [3.63, 3.8) is 0 Å². The number of aliphatic hydroxyl groups is 1. The van der Waals surface area contributed by atoms with Gasteiger partial charge < -0.3 is 5.11 Å². The van der Waals surface area contributed by atoms with Gasteiger partial charge in [0.25, 0.3) is 0 Å². The minimum absolute atomic E-state index is 0.667. The largest absolute Gasteiger partial charge is 0.385 e. The number of aliphatic hydroxyl groups excluding tert-OH is 1. The summed E-state index contributed by atoms with van der Waals surface area (Å²) in [5.41, 5.74) is 1.32. The summed E-state index contributed by atoms with van der Waals surface area (Å²) >= 11 is 1.56. The van der Waals surface area contributed by atoms with E-state index in [1.807, 2.05) is 6.07 Å². The maximum atomic E-state index is 12.1. The molecule has 0 saturated carbocycles. The van der Waals surface area contributed by atoms with Crippen LogP contribution >= 0.6 is 11.3 Å². The first kappa shape index (κ1) is 8.20. The van der Waals surface area contributed by atoms with E-state index in [1.54, 1.807) is 11.3 Å². The molecule has 0 bridgehead atoms. The standard InChI is InChI=1S/C9H11FOS/c10-5-7(11)9-4-6-2-1-3-8(6)12-9/h4,7,11H,1-3,5H2. The molecule has 1 atom stereocenters. The van der Waals surface area contributed by atoms with Crippen LogP contribution in [0.5, 0.6) is 0 Å². The predicted molar refractivity (Wildman–Crippen MR) is 47.3 cm³/mol. The van der Waals surface area contributed by atoms with Gasteiger partial charge in [0, 0.05) is 9.75 Å². The van der Waals surface area contributed by atoms with Gasteiger partial charge in [-0.15, -0.1) is 11.3 Å². The highest BCUT2D eigenvalue weighted by atomic mass is 32.1. The van der Waals surface area contributed by atoms with Crippen LogP contribution in [0.4, 0.5) is 4.39 Å². The van der Waals surface area contributed by atoms with E-state index < -0.39 is 12.8 Å². The SMILES string of the molecule is OC(CF)c1cc2c(s1)CCC2. The quantitative estimate of drug-likeness (QED) is 0.751. The van der Waals surface area contributed by atoms with Gasteiger partial charge in [-0.05, 0) is 30.9 Å². The van der Waals surface area contributed by atoms with E-state index in [1.165, 1.54) is 16.9 Å². The maximum absolute atomic E-state index is 12.1. The summed E-state index contributed by atoms with van der Waals surface area (Å²) in [5.74, 6) is 0. The summed E-state index contributed by atoms with van der Waals surface area (Å²) in [7, 11) is 0. The monoisotopic (exact) mass is 186 g/mol. The second-order valence-electron chi connectivity index (χ2n) is 3.12. The number of alkyl halides is 1. The number of aryl methyl sites for hydroxylation is 2. The molecule has 0 amide bonds. The van der Waals surface area contributed by atoms with Crippen LogP contribution in [0, 0.1) is 0 Å². The second kappa shape index (κ2) is 3.15. The third-order valence-corrected chi connectivity index (χ3v) is 3.58. The average molecular weight is 186 g/mol. The molecule has 0 aliphatic heterocycles. The lowest BCUT2D eigenvalue weighted by molar-refractivity contribution is 0.145. The molecule has 1 heterocycles. The molecule has 12 heavy (non-hydrogen) atoms. The van der Waals surface area contributed by atoms with Crippen LogP contribution in [0.25, 0.3) is 0 Å². The van der Waals surface area contributed by atoms with E-state index >= 15 is 0 Å². The Bertz CT molecular complexity index is 261. The Morgan fingerprint density at radius 1 is 1.58 bits per heavy atom. The zero-order valence-electron chi connectivity index (χ0n) is 6.72. The number of halogens is 1. The Labute approximate surface area is 74.9 Å². The van der Waals surface area contributed by atoms with E-state index in [-0.39, 0.29) is 0 Å². The zero-order valence-corrected chi connectivity index (χ0v) is 7.53. The zero-order chi connectivity index (χ0) is 8.55. The molecule has 0 aromatic carbocycles. The number of rotatable bonds is 2. The van der Waals surface area contributed by atoms with Gasteiger partial charge in [-0.3, -0.25) is 0 Å². The van der Waals surface area contributed by atoms with Gasteiger partial charge >= 0.3 is 0 Å². The van der Waals surface area contributed by atoms with Gasteiger partial charge in [0.15, 0.2) is 0 Å². The van der Waals surface area contributed by atoms with Crippen molar-refractivity contribution >= 4 is 11.3 Å². The van der Waals surface area contributed by atoms with Gasteiger partial charge in [0.05, 0.1) is 0 Å². The molecule has 1 unspecified atom stereocenters. The molecule has 66 valence electrons. The molecule has 0 fully saturated rings. The van der Waals surface area contributed by atoms with Crippen LogP contribution in [0.1, 0.15) is 27.8 Å². The summed E-state index contributed by atoms with van der Waals surface area (Å²) < 4.78 is 12.1. The van der Waals surface area contributed by atoms with E-state index in [9.17, 15) is 9.50 Å². The first-order valence-electron chi connectivity index (χ1n) is 4.17. The summed E-state index contributed by atoms with van der Waals surface area (Å²) in [5, 5.41) is 9.22. The van der Waals surface area contributed by atoms with Crippen LogP contribution in [0.15, 0.2) is 6.07 Å². The highest BCUT2D eigenvalue weighted by molar-refractivity contribution is 7.12. The second-order valence-corrected chi connectivity index (χ2v) is 4.29. The summed E-state index contributed by atoms with van der Waals surface area (Å²) in [6.45, 7) is -0.667. The smallest absolute Gasteiger partial charge is 0.120 e. The van der Waals surface area contributed by atoms with Gasteiger partial charge in [-0.2, -0.15) is 0 Å². The van der Waals surface area contributed by atoms with Gasteiger partial charge in [-0.1, -0.05) is 0 Å².